The Morgan fingerprint density at radius 1 is 1.47 bits per heavy atom. The van der Waals surface area contributed by atoms with E-state index >= 15 is 0 Å². The lowest BCUT2D eigenvalue weighted by Gasteiger charge is -2.18. The lowest BCUT2D eigenvalue weighted by molar-refractivity contribution is -0.119. The van der Waals surface area contributed by atoms with Crippen molar-refractivity contribution in [2.45, 2.75) is 20.3 Å². The predicted molar refractivity (Wildman–Crippen MR) is 72.7 cm³/mol. The zero-order valence-corrected chi connectivity index (χ0v) is 11.5. The van der Waals surface area contributed by atoms with Gasteiger partial charge in [0.05, 0.1) is 12.7 Å². The number of rotatable bonds is 7. The number of aromatic nitrogens is 2. The number of anilines is 2. The number of carbonyl (C=O) groups excluding carboxylic acids is 1. The summed E-state index contributed by atoms with van der Waals surface area (Å²) in [4.78, 5) is 20.9. The van der Waals surface area contributed by atoms with Crippen molar-refractivity contribution in [1.82, 2.24) is 15.3 Å². The van der Waals surface area contributed by atoms with Crippen molar-refractivity contribution in [2.75, 3.05) is 36.9 Å². The summed E-state index contributed by atoms with van der Waals surface area (Å²) in [6.07, 6.45) is 1.96. The summed E-state index contributed by atoms with van der Waals surface area (Å²) >= 11 is 0. The number of hydrogen-bond donors (Lipinski definition) is 2. The molecule has 0 fully saturated rings. The Kier molecular flexibility index (Phi) is 5.98. The molecule has 0 aliphatic rings. The number of nitrogens with one attached hydrogen (secondary N) is 2. The first-order chi connectivity index (χ1) is 9.08. The lowest BCUT2D eigenvalue weighted by Crippen LogP contribution is -2.36. The molecule has 1 aromatic heterocycles. The standard InChI is InChI=1S/C12H20FN5O/c1-4-6-15-10(19)8-18(3)11-9(13)7-16-12(17-11)14-5-2/h7H,4-6,8H2,1-3H3,(H,15,19)(H,14,16,17). The van der Waals surface area contributed by atoms with Crippen LogP contribution in [-0.4, -0.2) is 42.6 Å². The molecule has 106 valence electrons. The van der Waals surface area contributed by atoms with E-state index in [2.05, 4.69) is 20.6 Å². The van der Waals surface area contributed by atoms with Crippen LogP contribution in [0.15, 0.2) is 6.20 Å². The fourth-order valence-corrected chi connectivity index (χ4v) is 1.48. The Bertz CT molecular complexity index is 427. The van der Waals surface area contributed by atoms with E-state index in [0.29, 0.717) is 19.0 Å². The van der Waals surface area contributed by atoms with Crippen LogP contribution in [0.2, 0.25) is 0 Å². The maximum atomic E-state index is 13.6. The number of likely N-dealkylation sites (N-methyl/N-ethyl adjacent to an activating group) is 1. The van der Waals surface area contributed by atoms with E-state index in [9.17, 15) is 9.18 Å². The van der Waals surface area contributed by atoms with E-state index < -0.39 is 5.82 Å². The van der Waals surface area contributed by atoms with E-state index in [1.165, 1.54) is 4.90 Å². The summed E-state index contributed by atoms with van der Waals surface area (Å²) in [5.41, 5.74) is 0. The first-order valence-electron chi connectivity index (χ1n) is 6.32. The zero-order chi connectivity index (χ0) is 14.3. The van der Waals surface area contributed by atoms with Crippen LogP contribution in [0, 0.1) is 5.82 Å². The molecule has 0 aliphatic heterocycles. The van der Waals surface area contributed by atoms with Gasteiger partial charge in [0.1, 0.15) is 0 Å². The summed E-state index contributed by atoms with van der Waals surface area (Å²) in [7, 11) is 1.62. The van der Waals surface area contributed by atoms with Crippen LogP contribution in [-0.2, 0) is 4.79 Å². The molecule has 0 aromatic carbocycles. The molecule has 1 heterocycles. The third-order valence-electron chi connectivity index (χ3n) is 2.38. The van der Waals surface area contributed by atoms with Gasteiger partial charge in [-0.1, -0.05) is 6.92 Å². The Hall–Kier alpha value is -1.92. The fourth-order valence-electron chi connectivity index (χ4n) is 1.48. The Balaban J connectivity index is 2.72. The van der Waals surface area contributed by atoms with E-state index in [1.807, 2.05) is 13.8 Å². The van der Waals surface area contributed by atoms with Gasteiger partial charge in [-0.25, -0.2) is 9.37 Å². The van der Waals surface area contributed by atoms with Gasteiger partial charge in [0.2, 0.25) is 11.9 Å². The van der Waals surface area contributed by atoms with Gasteiger partial charge < -0.3 is 15.5 Å². The minimum atomic E-state index is -0.549. The molecule has 0 bridgehead atoms. The average molecular weight is 269 g/mol. The Labute approximate surface area is 112 Å². The molecular formula is C12H20FN5O. The van der Waals surface area contributed by atoms with Crippen molar-refractivity contribution in [2.24, 2.45) is 0 Å². The third-order valence-corrected chi connectivity index (χ3v) is 2.38. The van der Waals surface area contributed by atoms with Crippen molar-refractivity contribution in [3.05, 3.63) is 12.0 Å². The van der Waals surface area contributed by atoms with Gasteiger partial charge in [-0.2, -0.15) is 4.98 Å². The molecule has 1 rings (SSSR count). The monoisotopic (exact) mass is 269 g/mol. The number of hydrogen-bond acceptors (Lipinski definition) is 5. The summed E-state index contributed by atoms with van der Waals surface area (Å²) < 4.78 is 13.6. The number of carbonyl (C=O) groups is 1. The first kappa shape index (κ1) is 15.1. The topological polar surface area (TPSA) is 70.2 Å². The smallest absolute Gasteiger partial charge is 0.239 e. The van der Waals surface area contributed by atoms with Crippen molar-refractivity contribution in [3.8, 4) is 0 Å². The molecule has 0 saturated carbocycles. The second kappa shape index (κ2) is 7.50. The molecule has 19 heavy (non-hydrogen) atoms. The van der Waals surface area contributed by atoms with Gasteiger partial charge in [0, 0.05) is 20.1 Å². The highest BCUT2D eigenvalue weighted by Crippen LogP contribution is 2.15. The van der Waals surface area contributed by atoms with E-state index in [1.54, 1.807) is 7.05 Å². The second-order valence-corrected chi connectivity index (χ2v) is 4.10. The van der Waals surface area contributed by atoms with Crippen LogP contribution in [0.4, 0.5) is 16.2 Å². The van der Waals surface area contributed by atoms with Crippen molar-refractivity contribution in [3.63, 3.8) is 0 Å². The maximum Gasteiger partial charge on any atom is 0.239 e. The van der Waals surface area contributed by atoms with Gasteiger partial charge in [-0.3, -0.25) is 4.79 Å². The highest BCUT2D eigenvalue weighted by Gasteiger charge is 2.14. The molecule has 6 nitrogen and oxygen atoms in total. The highest BCUT2D eigenvalue weighted by molar-refractivity contribution is 5.80. The minimum absolute atomic E-state index is 0.0551. The molecule has 0 aliphatic carbocycles. The van der Waals surface area contributed by atoms with Gasteiger partial charge in [0.25, 0.3) is 0 Å². The molecule has 2 N–H and O–H groups in total. The predicted octanol–water partition coefficient (Wildman–Crippen LogP) is 1.01. The summed E-state index contributed by atoms with van der Waals surface area (Å²) in [6, 6.07) is 0. The van der Waals surface area contributed by atoms with Crippen molar-refractivity contribution in [1.29, 1.82) is 0 Å². The molecule has 0 spiro atoms. The number of halogens is 1. The SMILES string of the molecule is CCCNC(=O)CN(C)c1nc(NCC)ncc1F. The molecule has 1 aromatic rings. The van der Waals surface area contributed by atoms with Crippen molar-refractivity contribution < 1.29 is 9.18 Å². The van der Waals surface area contributed by atoms with E-state index in [4.69, 9.17) is 0 Å². The Morgan fingerprint density at radius 3 is 2.84 bits per heavy atom. The van der Waals surface area contributed by atoms with E-state index in [-0.39, 0.29) is 18.3 Å². The molecule has 0 unspecified atom stereocenters. The van der Waals surface area contributed by atoms with Gasteiger partial charge in [-0.05, 0) is 13.3 Å². The van der Waals surface area contributed by atoms with Crippen LogP contribution in [0.5, 0.6) is 0 Å². The highest BCUT2D eigenvalue weighted by atomic mass is 19.1. The number of nitrogens with zero attached hydrogens (tertiary/aromatic N) is 3. The maximum absolute atomic E-state index is 13.6. The first-order valence-corrected chi connectivity index (χ1v) is 6.32. The molecule has 1 amide bonds. The average Bonchev–Trinajstić information content (AvgIpc) is 2.38. The molecule has 7 heteroatoms. The molecular weight excluding hydrogens is 249 g/mol. The zero-order valence-electron chi connectivity index (χ0n) is 11.5. The van der Waals surface area contributed by atoms with Gasteiger partial charge in [0.15, 0.2) is 11.6 Å². The van der Waals surface area contributed by atoms with Gasteiger partial charge in [-0.15, -0.1) is 0 Å². The van der Waals surface area contributed by atoms with Crippen LogP contribution in [0.1, 0.15) is 20.3 Å². The second-order valence-electron chi connectivity index (χ2n) is 4.10. The van der Waals surface area contributed by atoms with E-state index in [0.717, 1.165) is 12.6 Å². The minimum Gasteiger partial charge on any atom is -0.355 e. The van der Waals surface area contributed by atoms with Crippen LogP contribution >= 0.6 is 0 Å². The number of amides is 1. The summed E-state index contributed by atoms with van der Waals surface area (Å²) in [5.74, 6) is -0.253. The quantitative estimate of drug-likeness (QED) is 0.773. The normalized spacial score (nSPS) is 10.1. The van der Waals surface area contributed by atoms with Crippen LogP contribution in [0.3, 0.4) is 0 Å². The van der Waals surface area contributed by atoms with Crippen molar-refractivity contribution >= 4 is 17.7 Å². The molecule has 0 atom stereocenters. The largest absolute Gasteiger partial charge is 0.355 e. The molecule has 0 radical (unpaired) electrons. The Morgan fingerprint density at radius 2 is 2.21 bits per heavy atom. The third kappa shape index (κ3) is 4.69. The lowest BCUT2D eigenvalue weighted by atomic mass is 10.4. The summed E-state index contributed by atoms with van der Waals surface area (Å²) in [5, 5.41) is 5.63. The fraction of sp³-hybridized carbons (Fsp3) is 0.583. The van der Waals surface area contributed by atoms with Crippen LogP contribution in [0.25, 0.3) is 0 Å². The van der Waals surface area contributed by atoms with Gasteiger partial charge >= 0.3 is 0 Å². The summed E-state index contributed by atoms with van der Waals surface area (Å²) in [6.45, 7) is 5.18. The van der Waals surface area contributed by atoms with Crippen LogP contribution < -0.4 is 15.5 Å². The molecule has 0 saturated heterocycles.